The highest BCUT2D eigenvalue weighted by atomic mass is 79.9. The van der Waals surface area contributed by atoms with Crippen molar-refractivity contribution < 1.29 is 14.4 Å². The van der Waals surface area contributed by atoms with Crippen LogP contribution in [0.15, 0.2) is 88.0 Å². The van der Waals surface area contributed by atoms with Gasteiger partial charge in [-0.1, -0.05) is 33.6 Å². The molecule has 7 nitrogen and oxygen atoms in total. The number of anilines is 4. The van der Waals surface area contributed by atoms with Crippen molar-refractivity contribution in [3.8, 4) is 0 Å². The van der Waals surface area contributed by atoms with Crippen LogP contribution in [-0.4, -0.2) is 30.8 Å². The lowest BCUT2D eigenvalue weighted by Crippen LogP contribution is -2.32. The Morgan fingerprint density at radius 2 is 1.50 bits per heavy atom. The van der Waals surface area contributed by atoms with E-state index in [1.807, 2.05) is 24.3 Å². The lowest BCUT2D eigenvalue weighted by atomic mass is 10.1. The van der Waals surface area contributed by atoms with Gasteiger partial charge in [-0.15, -0.1) is 0 Å². The normalized spacial score (nSPS) is 15.6. The van der Waals surface area contributed by atoms with Crippen LogP contribution in [0.5, 0.6) is 0 Å². The molecule has 3 aromatic carbocycles. The summed E-state index contributed by atoms with van der Waals surface area (Å²) in [6.45, 7) is 2.11. The van der Waals surface area contributed by atoms with Crippen LogP contribution >= 0.6 is 27.5 Å². The third-order valence-electron chi connectivity index (χ3n) is 6.10. The van der Waals surface area contributed by atoms with Crippen LogP contribution in [-0.2, 0) is 9.59 Å². The number of benzene rings is 3. The van der Waals surface area contributed by atoms with Crippen LogP contribution in [0.25, 0.3) is 0 Å². The number of rotatable bonds is 6. The van der Waals surface area contributed by atoms with Gasteiger partial charge in [0.1, 0.15) is 10.7 Å². The molecule has 0 spiro atoms. The van der Waals surface area contributed by atoms with Crippen LogP contribution in [0.3, 0.4) is 0 Å². The van der Waals surface area contributed by atoms with E-state index < -0.39 is 11.8 Å². The highest BCUT2D eigenvalue weighted by molar-refractivity contribution is 9.10. The predicted octanol–water partition coefficient (Wildman–Crippen LogP) is 5.74. The molecule has 2 heterocycles. The summed E-state index contributed by atoms with van der Waals surface area (Å²) in [5.41, 5.74) is 3.05. The number of hydrogen-bond acceptors (Lipinski definition) is 5. The third kappa shape index (κ3) is 4.87. The van der Waals surface area contributed by atoms with Crippen molar-refractivity contribution in [1.29, 1.82) is 0 Å². The van der Waals surface area contributed by atoms with E-state index in [4.69, 9.17) is 11.6 Å². The number of amides is 3. The second-order valence-corrected chi connectivity index (χ2v) is 9.81. The summed E-state index contributed by atoms with van der Waals surface area (Å²) < 4.78 is 0.820. The molecule has 3 amide bonds. The molecule has 36 heavy (non-hydrogen) atoms. The zero-order valence-corrected chi connectivity index (χ0v) is 21.5. The minimum atomic E-state index is -0.613. The van der Waals surface area contributed by atoms with Crippen molar-refractivity contribution in [2.45, 2.75) is 12.8 Å². The molecule has 2 aliphatic rings. The molecule has 2 aliphatic heterocycles. The molecule has 3 aromatic rings. The zero-order valence-electron chi connectivity index (χ0n) is 19.1. The van der Waals surface area contributed by atoms with Gasteiger partial charge in [-0.05, 0) is 79.6 Å². The van der Waals surface area contributed by atoms with Gasteiger partial charge in [-0.2, -0.15) is 0 Å². The molecule has 2 N–H and O–H groups in total. The molecular weight excluding hydrogens is 544 g/mol. The van der Waals surface area contributed by atoms with Crippen molar-refractivity contribution in [3.63, 3.8) is 0 Å². The summed E-state index contributed by atoms with van der Waals surface area (Å²) >= 11 is 9.57. The summed E-state index contributed by atoms with van der Waals surface area (Å²) in [5.74, 6) is -1.48. The maximum atomic E-state index is 13.0. The fourth-order valence-corrected chi connectivity index (χ4v) is 4.73. The molecule has 182 valence electrons. The second kappa shape index (κ2) is 10.2. The first-order chi connectivity index (χ1) is 17.4. The van der Waals surface area contributed by atoms with Gasteiger partial charge in [0.15, 0.2) is 0 Å². The SMILES string of the molecule is O=C(Nc1ccc(N2CCCC2)cc1)c1cccc(NC2=C(Cl)C(=O)N(c3ccc(Br)cc3)C2=O)c1. The molecule has 0 saturated carbocycles. The molecule has 1 saturated heterocycles. The number of halogens is 2. The summed E-state index contributed by atoms with van der Waals surface area (Å²) in [4.78, 5) is 41.9. The molecule has 5 rings (SSSR count). The third-order valence-corrected chi connectivity index (χ3v) is 6.98. The highest BCUT2D eigenvalue weighted by Crippen LogP contribution is 2.31. The minimum absolute atomic E-state index is 0.0420. The van der Waals surface area contributed by atoms with Crippen LogP contribution < -0.4 is 20.4 Å². The number of hydrogen-bond donors (Lipinski definition) is 2. The van der Waals surface area contributed by atoms with Gasteiger partial charge in [0.25, 0.3) is 17.7 Å². The predicted molar refractivity (Wildman–Crippen MR) is 145 cm³/mol. The Hall–Kier alpha value is -3.62. The van der Waals surface area contributed by atoms with Gasteiger partial charge in [0, 0.05) is 40.2 Å². The van der Waals surface area contributed by atoms with Gasteiger partial charge < -0.3 is 15.5 Å². The number of nitrogens with one attached hydrogen (secondary N) is 2. The summed E-state index contributed by atoms with van der Waals surface area (Å²) in [6, 6.07) is 21.2. The van der Waals surface area contributed by atoms with Crippen LogP contribution in [0.4, 0.5) is 22.7 Å². The maximum Gasteiger partial charge on any atom is 0.283 e. The van der Waals surface area contributed by atoms with Crippen LogP contribution in [0, 0.1) is 0 Å². The van der Waals surface area contributed by atoms with E-state index in [1.165, 1.54) is 12.8 Å². The zero-order chi connectivity index (χ0) is 25.2. The van der Waals surface area contributed by atoms with E-state index in [0.717, 1.165) is 28.1 Å². The van der Waals surface area contributed by atoms with E-state index in [1.54, 1.807) is 48.5 Å². The van der Waals surface area contributed by atoms with E-state index >= 15 is 0 Å². The number of carbonyl (C=O) groups is 3. The average molecular weight is 566 g/mol. The number of nitrogens with zero attached hydrogens (tertiary/aromatic N) is 2. The molecule has 0 atom stereocenters. The average Bonchev–Trinajstić information content (AvgIpc) is 3.49. The Morgan fingerprint density at radius 3 is 2.19 bits per heavy atom. The van der Waals surface area contributed by atoms with E-state index in [0.29, 0.717) is 22.6 Å². The topological polar surface area (TPSA) is 81.8 Å². The second-order valence-electron chi connectivity index (χ2n) is 8.51. The molecular formula is C27H22BrClN4O3. The molecule has 0 aromatic heterocycles. The van der Waals surface area contributed by atoms with Crippen LogP contribution in [0.1, 0.15) is 23.2 Å². The Labute approximate surface area is 221 Å². The quantitative estimate of drug-likeness (QED) is 0.373. The standard InChI is InChI=1S/C27H22BrClN4O3/c28-18-6-10-22(11-7-18)33-26(35)23(29)24(27(33)36)30-20-5-3-4-17(16-20)25(34)31-19-8-12-21(13-9-19)32-14-1-2-15-32/h3-13,16,30H,1-2,14-15H2,(H,31,34). The van der Waals surface area contributed by atoms with Crippen molar-refractivity contribution in [2.75, 3.05) is 33.5 Å². The summed E-state index contributed by atoms with van der Waals surface area (Å²) in [6.07, 6.45) is 2.40. The molecule has 0 aliphatic carbocycles. The molecule has 9 heteroatoms. The van der Waals surface area contributed by atoms with Gasteiger partial charge in [-0.3, -0.25) is 14.4 Å². The summed E-state index contributed by atoms with van der Waals surface area (Å²) in [7, 11) is 0. The first-order valence-corrected chi connectivity index (χ1v) is 12.7. The van der Waals surface area contributed by atoms with E-state index in [9.17, 15) is 14.4 Å². The first kappa shape index (κ1) is 24.1. The molecule has 1 fully saturated rings. The number of imide groups is 1. The molecule has 0 radical (unpaired) electrons. The van der Waals surface area contributed by atoms with Crippen molar-refractivity contribution in [3.05, 3.63) is 93.6 Å². The monoisotopic (exact) mass is 564 g/mol. The molecule has 0 bridgehead atoms. The minimum Gasteiger partial charge on any atom is -0.372 e. The fourth-order valence-electron chi connectivity index (χ4n) is 4.25. The maximum absolute atomic E-state index is 13.0. The van der Waals surface area contributed by atoms with Crippen molar-refractivity contribution in [1.82, 2.24) is 0 Å². The van der Waals surface area contributed by atoms with Gasteiger partial charge >= 0.3 is 0 Å². The van der Waals surface area contributed by atoms with Crippen LogP contribution in [0.2, 0.25) is 0 Å². The van der Waals surface area contributed by atoms with Gasteiger partial charge in [-0.25, -0.2) is 4.90 Å². The smallest absolute Gasteiger partial charge is 0.283 e. The van der Waals surface area contributed by atoms with Crippen molar-refractivity contribution in [2.24, 2.45) is 0 Å². The Morgan fingerprint density at radius 1 is 0.833 bits per heavy atom. The summed E-state index contributed by atoms with van der Waals surface area (Å²) in [5, 5.41) is 5.61. The Kier molecular flexibility index (Phi) is 6.80. The lowest BCUT2D eigenvalue weighted by molar-refractivity contribution is -0.120. The first-order valence-electron chi connectivity index (χ1n) is 11.5. The number of carbonyl (C=O) groups excluding carboxylic acids is 3. The Bertz CT molecular complexity index is 1370. The van der Waals surface area contributed by atoms with E-state index in [-0.39, 0.29) is 16.6 Å². The van der Waals surface area contributed by atoms with Crippen molar-refractivity contribution >= 4 is 68.0 Å². The largest absolute Gasteiger partial charge is 0.372 e. The van der Waals surface area contributed by atoms with Gasteiger partial charge in [0.2, 0.25) is 0 Å². The van der Waals surface area contributed by atoms with E-state index in [2.05, 4.69) is 31.5 Å². The molecule has 0 unspecified atom stereocenters. The lowest BCUT2D eigenvalue weighted by Gasteiger charge is -2.17. The van der Waals surface area contributed by atoms with Gasteiger partial charge in [0.05, 0.1) is 5.69 Å². The highest BCUT2D eigenvalue weighted by Gasteiger charge is 2.39. The fraction of sp³-hybridized carbons (Fsp3) is 0.148. The Balaban J connectivity index is 1.28.